The fourth-order valence-electron chi connectivity index (χ4n) is 7.27. The first-order valence-electron chi connectivity index (χ1n) is 14.2. The van der Waals surface area contributed by atoms with Crippen LogP contribution in [0.2, 0.25) is 0 Å². The largest absolute Gasteiger partial charge is 0.481 e. The van der Waals surface area contributed by atoms with Crippen molar-refractivity contribution in [2.75, 3.05) is 6.54 Å². The van der Waals surface area contributed by atoms with Crippen LogP contribution in [0.1, 0.15) is 62.1 Å². The Morgan fingerprint density at radius 3 is 2.00 bits per heavy atom. The highest BCUT2D eigenvalue weighted by Gasteiger charge is 2.74. The van der Waals surface area contributed by atoms with Gasteiger partial charge in [-0.3, -0.25) is 9.59 Å². The normalized spacial score (nSPS) is 27.5. The highest BCUT2D eigenvalue weighted by atomic mass is 32.2. The molecule has 0 radical (unpaired) electrons. The number of fused-ring (bicyclic) bond motifs is 3. The predicted octanol–water partition coefficient (Wildman–Crippen LogP) is 6.61. The number of aryl methyl sites for hydroxylation is 1. The maximum absolute atomic E-state index is 15.0. The van der Waals surface area contributed by atoms with Crippen LogP contribution in [0.15, 0.2) is 47.4 Å². The summed E-state index contributed by atoms with van der Waals surface area (Å²) in [6.07, 6.45) is -12.6. The van der Waals surface area contributed by atoms with Gasteiger partial charge in [0.1, 0.15) is 10.6 Å². The third-order valence-electron chi connectivity index (χ3n) is 9.91. The summed E-state index contributed by atoms with van der Waals surface area (Å²) in [5.41, 5.74) is -8.90. The molecule has 1 saturated carbocycles. The van der Waals surface area contributed by atoms with Crippen LogP contribution in [-0.4, -0.2) is 55.2 Å². The van der Waals surface area contributed by atoms with E-state index >= 15 is 0 Å². The molecule has 0 spiro atoms. The number of carbonyl (C=O) groups is 2. The molecule has 1 heterocycles. The zero-order chi connectivity index (χ0) is 33.4. The van der Waals surface area contributed by atoms with Gasteiger partial charge in [-0.15, -0.1) is 0 Å². The standard InChI is InChI=1S/C30H29F8NO5S/c1-26(25(41)42)12-10-17(11-13-26)24(40)39-15-14-27(45(43,44)21-6-4-20(31)5-7-21)22-8-3-19(16-18(22)2-9-23(27)39)28(32,29(33,34)35)30(36,37)38/h3-8,16-17,23H,2,9-15H2,1H3,(H,41,42)/t17-,23-,26-,27-/m0/s1. The van der Waals surface area contributed by atoms with Crippen LogP contribution in [0.5, 0.6) is 0 Å². The van der Waals surface area contributed by atoms with Crippen molar-refractivity contribution in [2.24, 2.45) is 11.3 Å². The summed E-state index contributed by atoms with van der Waals surface area (Å²) in [7, 11) is -4.60. The Morgan fingerprint density at radius 2 is 1.47 bits per heavy atom. The summed E-state index contributed by atoms with van der Waals surface area (Å²) >= 11 is 0. The molecule has 0 aromatic heterocycles. The molecule has 1 saturated heterocycles. The van der Waals surface area contributed by atoms with Gasteiger partial charge in [-0.1, -0.05) is 18.2 Å². The lowest BCUT2D eigenvalue weighted by molar-refractivity contribution is -0.348. The lowest BCUT2D eigenvalue weighted by Gasteiger charge is -2.44. The summed E-state index contributed by atoms with van der Waals surface area (Å²) in [6.45, 7) is 1.44. The van der Waals surface area contributed by atoms with E-state index in [4.69, 9.17) is 0 Å². The predicted molar refractivity (Wildman–Crippen MR) is 143 cm³/mol. The van der Waals surface area contributed by atoms with Crippen molar-refractivity contribution in [3.63, 3.8) is 0 Å². The summed E-state index contributed by atoms with van der Waals surface area (Å²) in [5.74, 6) is -2.82. The smallest absolute Gasteiger partial charge is 0.435 e. The Morgan fingerprint density at radius 1 is 0.889 bits per heavy atom. The van der Waals surface area contributed by atoms with Gasteiger partial charge in [-0.2, -0.15) is 26.3 Å². The number of benzene rings is 2. The van der Waals surface area contributed by atoms with Gasteiger partial charge in [0.15, 0.2) is 9.84 Å². The van der Waals surface area contributed by atoms with Gasteiger partial charge >= 0.3 is 24.0 Å². The number of likely N-dealkylation sites (tertiary alicyclic amines) is 1. The topological polar surface area (TPSA) is 91.8 Å². The highest BCUT2D eigenvalue weighted by molar-refractivity contribution is 7.92. The molecule has 0 bridgehead atoms. The van der Waals surface area contributed by atoms with Crippen molar-refractivity contribution in [2.45, 2.75) is 85.6 Å². The molecule has 2 atom stereocenters. The van der Waals surface area contributed by atoms with Gasteiger partial charge in [0.2, 0.25) is 5.91 Å². The number of alkyl halides is 7. The Labute approximate surface area is 253 Å². The van der Waals surface area contributed by atoms with Gasteiger partial charge in [0, 0.05) is 18.0 Å². The van der Waals surface area contributed by atoms with Crippen LogP contribution >= 0.6 is 0 Å². The van der Waals surface area contributed by atoms with Gasteiger partial charge in [0.25, 0.3) is 0 Å². The van der Waals surface area contributed by atoms with Crippen LogP contribution in [-0.2, 0) is 36.3 Å². The average molecular weight is 668 g/mol. The third-order valence-corrected chi connectivity index (χ3v) is 12.5. The van der Waals surface area contributed by atoms with Gasteiger partial charge < -0.3 is 10.0 Å². The molecule has 2 aliphatic carbocycles. The number of carboxylic acid groups (broad SMARTS) is 1. The summed E-state index contributed by atoms with van der Waals surface area (Å²) in [6, 6.07) is 4.07. The maximum Gasteiger partial charge on any atom is 0.435 e. The first-order chi connectivity index (χ1) is 20.7. The number of amides is 1. The van der Waals surface area contributed by atoms with Crippen LogP contribution in [0.3, 0.4) is 0 Å². The second kappa shape index (κ2) is 10.7. The van der Waals surface area contributed by atoms with Crippen LogP contribution in [0.4, 0.5) is 35.1 Å². The summed E-state index contributed by atoms with van der Waals surface area (Å²) in [4.78, 5) is 26.5. The number of rotatable bonds is 5. The Balaban J connectivity index is 1.62. The first kappa shape index (κ1) is 33.1. The van der Waals surface area contributed by atoms with E-state index in [1.54, 1.807) is 6.92 Å². The van der Waals surface area contributed by atoms with Crippen molar-refractivity contribution in [3.8, 4) is 0 Å². The fraction of sp³-hybridized carbons (Fsp3) is 0.533. The van der Waals surface area contributed by atoms with Crippen molar-refractivity contribution in [3.05, 3.63) is 65.0 Å². The molecule has 6 nitrogen and oxygen atoms in total. The van der Waals surface area contributed by atoms with Gasteiger partial charge in [0.05, 0.1) is 16.4 Å². The highest BCUT2D eigenvalue weighted by Crippen LogP contribution is 2.57. The zero-order valence-electron chi connectivity index (χ0n) is 23.8. The van der Waals surface area contributed by atoms with Gasteiger partial charge in [-0.05, 0) is 87.3 Å². The van der Waals surface area contributed by atoms with E-state index in [1.807, 2.05) is 0 Å². The van der Waals surface area contributed by atoms with E-state index in [1.165, 1.54) is 4.90 Å². The second-order valence-electron chi connectivity index (χ2n) is 12.3. The molecule has 15 heteroatoms. The number of carboxylic acids is 1. The van der Waals surface area contributed by atoms with E-state index in [-0.39, 0.29) is 73.6 Å². The first-order valence-corrected chi connectivity index (χ1v) is 15.7. The minimum absolute atomic E-state index is 0.129. The van der Waals surface area contributed by atoms with E-state index in [0.717, 1.165) is 30.3 Å². The Bertz CT molecular complexity index is 1600. The number of sulfone groups is 1. The number of hydrogen-bond acceptors (Lipinski definition) is 4. The molecule has 45 heavy (non-hydrogen) atoms. The van der Waals surface area contributed by atoms with E-state index in [9.17, 15) is 58.2 Å². The van der Waals surface area contributed by atoms with Crippen molar-refractivity contribution in [1.82, 2.24) is 4.90 Å². The molecule has 5 rings (SSSR count). The number of carbonyl (C=O) groups excluding carboxylic acids is 1. The number of halogens is 8. The minimum Gasteiger partial charge on any atom is -0.481 e. The number of hydrogen-bond donors (Lipinski definition) is 1. The van der Waals surface area contributed by atoms with Crippen molar-refractivity contribution >= 4 is 21.7 Å². The molecular formula is C30H29F8NO5S. The molecule has 0 unspecified atom stereocenters. The molecule has 2 aromatic rings. The molecule has 1 N–H and O–H groups in total. The summed E-state index contributed by atoms with van der Waals surface area (Å²) in [5, 5.41) is 9.56. The molecule has 1 aliphatic heterocycles. The molecule has 3 aliphatic rings. The lowest BCUT2D eigenvalue weighted by atomic mass is 9.71. The maximum atomic E-state index is 15.0. The Kier molecular flexibility index (Phi) is 7.85. The van der Waals surface area contributed by atoms with Crippen molar-refractivity contribution < 1.29 is 58.2 Å². The van der Waals surface area contributed by atoms with E-state index < -0.39 is 73.2 Å². The minimum atomic E-state index is -6.37. The fourth-order valence-corrected chi connectivity index (χ4v) is 9.64. The van der Waals surface area contributed by atoms with Gasteiger partial charge in [-0.25, -0.2) is 17.2 Å². The third kappa shape index (κ3) is 4.91. The molecule has 2 aromatic carbocycles. The second-order valence-corrected chi connectivity index (χ2v) is 14.6. The number of aliphatic carboxylic acids is 1. The van der Waals surface area contributed by atoms with Crippen molar-refractivity contribution in [1.29, 1.82) is 0 Å². The quantitative estimate of drug-likeness (QED) is 0.286. The molecule has 1 amide bonds. The molecule has 246 valence electrons. The van der Waals surface area contributed by atoms with Crippen LogP contribution < -0.4 is 0 Å². The van der Waals surface area contributed by atoms with Crippen LogP contribution in [0, 0.1) is 17.2 Å². The SMILES string of the molecule is C[C@]1(C(=O)O)CC[C@H](C(=O)N2CC[C@]3(S(=O)(=O)c4ccc(F)cc4)c4ccc(C(F)(C(F)(F)F)C(F)(F)F)cc4CC[C@H]23)CC1. The van der Waals surface area contributed by atoms with Crippen LogP contribution in [0.25, 0.3) is 0 Å². The monoisotopic (exact) mass is 667 g/mol. The summed E-state index contributed by atoms with van der Waals surface area (Å²) < 4.78 is 137. The van der Waals surface area contributed by atoms with E-state index in [2.05, 4.69) is 0 Å². The lowest BCUT2D eigenvalue weighted by Crippen LogP contribution is -2.54. The zero-order valence-corrected chi connectivity index (χ0v) is 24.6. The molecule has 2 fully saturated rings. The Hall–Kier alpha value is -3.23. The average Bonchev–Trinajstić information content (AvgIpc) is 3.37. The van der Waals surface area contributed by atoms with E-state index in [0.29, 0.717) is 6.07 Å². The number of nitrogens with zero attached hydrogens (tertiary/aromatic N) is 1. The molecular weight excluding hydrogens is 638 g/mol.